The second kappa shape index (κ2) is 5.42. The van der Waals surface area contributed by atoms with Crippen LogP contribution < -0.4 is 0 Å². The molecule has 0 amide bonds. The van der Waals surface area contributed by atoms with Crippen LogP contribution in [0.25, 0.3) is 10.9 Å². The Bertz CT molecular complexity index is 606. The van der Waals surface area contributed by atoms with Crippen LogP contribution in [0, 0.1) is 0 Å². The summed E-state index contributed by atoms with van der Waals surface area (Å²) in [7, 11) is -4.79. The van der Waals surface area contributed by atoms with Crippen LogP contribution in [0.15, 0.2) is 30.5 Å². The Kier molecular flexibility index (Phi) is 4.05. The fourth-order valence-corrected chi connectivity index (χ4v) is 2.46. The maximum atomic E-state index is 11.0. The highest BCUT2D eigenvalue weighted by Crippen LogP contribution is 2.44. The second-order valence-electron chi connectivity index (χ2n) is 4.06. The highest BCUT2D eigenvalue weighted by Gasteiger charge is 2.31. The fourth-order valence-electron chi connectivity index (χ4n) is 1.91. The molecule has 1 aromatic heterocycles. The zero-order valence-electron chi connectivity index (χ0n) is 9.80. The molecule has 2 aromatic rings. The van der Waals surface area contributed by atoms with Crippen molar-refractivity contribution in [2.24, 2.45) is 0 Å². The van der Waals surface area contributed by atoms with E-state index in [9.17, 15) is 9.67 Å². The van der Waals surface area contributed by atoms with Crippen molar-refractivity contribution in [1.29, 1.82) is 0 Å². The summed E-state index contributed by atoms with van der Waals surface area (Å²) >= 11 is 0. The SMILES string of the molecule is O=P(O)(O)OC(c1c[nH]c2ccccc12)C(O)CO. The molecule has 19 heavy (non-hydrogen) atoms. The number of aliphatic hydroxyl groups is 2. The van der Waals surface area contributed by atoms with E-state index in [1.54, 1.807) is 24.3 Å². The maximum Gasteiger partial charge on any atom is 0.470 e. The molecule has 104 valence electrons. The highest BCUT2D eigenvalue weighted by atomic mass is 31.2. The van der Waals surface area contributed by atoms with Gasteiger partial charge in [-0.1, -0.05) is 18.2 Å². The van der Waals surface area contributed by atoms with Crippen LogP contribution in [-0.2, 0) is 9.09 Å². The molecule has 1 heterocycles. The van der Waals surface area contributed by atoms with Gasteiger partial charge in [0.25, 0.3) is 0 Å². The summed E-state index contributed by atoms with van der Waals surface area (Å²) < 4.78 is 15.5. The topological polar surface area (TPSA) is 123 Å². The van der Waals surface area contributed by atoms with Gasteiger partial charge >= 0.3 is 7.82 Å². The van der Waals surface area contributed by atoms with Crippen molar-refractivity contribution < 1.29 is 29.1 Å². The van der Waals surface area contributed by atoms with Crippen molar-refractivity contribution in [2.45, 2.75) is 12.2 Å². The van der Waals surface area contributed by atoms with Gasteiger partial charge < -0.3 is 25.0 Å². The number of aromatic amines is 1. The Morgan fingerprint density at radius 1 is 1.32 bits per heavy atom. The first kappa shape index (κ1) is 14.2. The zero-order chi connectivity index (χ0) is 14.0. The van der Waals surface area contributed by atoms with Crippen LogP contribution in [-0.4, -0.2) is 37.7 Å². The molecular weight excluding hydrogens is 273 g/mol. The van der Waals surface area contributed by atoms with Crippen LogP contribution in [0.4, 0.5) is 0 Å². The lowest BCUT2D eigenvalue weighted by molar-refractivity contribution is -0.0141. The normalized spacial score (nSPS) is 15.6. The minimum absolute atomic E-state index is 0.375. The van der Waals surface area contributed by atoms with Gasteiger partial charge in [-0.3, -0.25) is 4.52 Å². The molecule has 2 atom stereocenters. The molecule has 1 aromatic carbocycles. The molecule has 0 aliphatic rings. The highest BCUT2D eigenvalue weighted by molar-refractivity contribution is 7.46. The summed E-state index contributed by atoms with van der Waals surface area (Å²) in [5, 5.41) is 19.3. The number of aliphatic hydroxyl groups excluding tert-OH is 2. The molecule has 2 rings (SSSR count). The lowest BCUT2D eigenvalue weighted by Crippen LogP contribution is -2.24. The monoisotopic (exact) mass is 287 g/mol. The minimum atomic E-state index is -4.79. The maximum absolute atomic E-state index is 11.0. The van der Waals surface area contributed by atoms with Gasteiger partial charge in [-0.05, 0) is 6.07 Å². The number of benzene rings is 1. The van der Waals surface area contributed by atoms with Crippen molar-refractivity contribution in [1.82, 2.24) is 4.98 Å². The standard InChI is InChI=1S/C11H14NO6P/c13-6-10(14)11(18-19(15,16)17)8-5-12-9-4-2-1-3-7(8)9/h1-5,10-14H,6H2,(H2,15,16,17). The third kappa shape index (κ3) is 3.22. The predicted octanol–water partition coefficient (Wildman–Crippen LogP) is 0.671. The number of para-hydroxylation sites is 1. The Hall–Kier alpha value is -1.21. The van der Waals surface area contributed by atoms with Crippen LogP contribution in [0.2, 0.25) is 0 Å². The third-order valence-electron chi connectivity index (χ3n) is 2.72. The number of H-pyrrole nitrogens is 1. The number of phosphoric ester groups is 1. The van der Waals surface area contributed by atoms with E-state index in [0.717, 1.165) is 5.52 Å². The summed E-state index contributed by atoms with van der Waals surface area (Å²) in [6, 6.07) is 7.05. The lowest BCUT2D eigenvalue weighted by Gasteiger charge is -2.21. The summed E-state index contributed by atoms with van der Waals surface area (Å²) in [4.78, 5) is 20.7. The van der Waals surface area contributed by atoms with Gasteiger partial charge in [0, 0.05) is 22.7 Å². The summed E-state index contributed by atoms with van der Waals surface area (Å²) in [5.41, 5.74) is 1.11. The van der Waals surface area contributed by atoms with Crippen molar-refractivity contribution in [3.8, 4) is 0 Å². The Morgan fingerprint density at radius 3 is 2.63 bits per heavy atom. The second-order valence-corrected chi connectivity index (χ2v) is 5.25. The fraction of sp³-hybridized carbons (Fsp3) is 0.273. The van der Waals surface area contributed by atoms with Gasteiger partial charge in [-0.2, -0.15) is 0 Å². The molecular formula is C11H14NO6P. The van der Waals surface area contributed by atoms with Crippen LogP contribution >= 0.6 is 7.82 Å². The van der Waals surface area contributed by atoms with Gasteiger partial charge in [0.15, 0.2) is 0 Å². The van der Waals surface area contributed by atoms with E-state index < -0.39 is 26.6 Å². The number of nitrogens with one attached hydrogen (secondary N) is 1. The van der Waals surface area contributed by atoms with Crippen LogP contribution in [0.1, 0.15) is 11.7 Å². The van der Waals surface area contributed by atoms with Crippen LogP contribution in [0.3, 0.4) is 0 Å². The number of phosphoric acid groups is 1. The zero-order valence-corrected chi connectivity index (χ0v) is 10.7. The molecule has 8 heteroatoms. The molecule has 0 spiro atoms. The third-order valence-corrected chi connectivity index (χ3v) is 3.22. The number of aromatic nitrogens is 1. The number of hydrogen-bond donors (Lipinski definition) is 5. The molecule has 5 N–H and O–H groups in total. The average molecular weight is 287 g/mol. The van der Waals surface area contributed by atoms with Crippen molar-refractivity contribution >= 4 is 18.7 Å². The number of fused-ring (bicyclic) bond motifs is 1. The van der Waals surface area contributed by atoms with Gasteiger partial charge in [0.1, 0.15) is 12.2 Å². The smallest absolute Gasteiger partial charge is 0.394 e. The first-order valence-electron chi connectivity index (χ1n) is 5.51. The Morgan fingerprint density at radius 2 is 2.00 bits per heavy atom. The quantitative estimate of drug-likeness (QED) is 0.515. The molecule has 7 nitrogen and oxygen atoms in total. The molecule has 0 fully saturated rings. The number of hydrogen-bond acceptors (Lipinski definition) is 4. The first-order valence-corrected chi connectivity index (χ1v) is 7.04. The number of rotatable bonds is 5. The Labute approximate surface area is 108 Å². The van der Waals surface area contributed by atoms with Gasteiger partial charge in [-0.15, -0.1) is 0 Å². The van der Waals surface area contributed by atoms with E-state index in [1.165, 1.54) is 6.20 Å². The molecule has 0 saturated carbocycles. The summed E-state index contributed by atoms with van der Waals surface area (Å²) in [6.45, 7) is -0.676. The van der Waals surface area contributed by atoms with Crippen molar-refractivity contribution in [2.75, 3.05) is 6.61 Å². The van der Waals surface area contributed by atoms with E-state index >= 15 is 0 Å². The van der Waals surface area contributed by atoms with E-state index in [2.05, 4.69) is 9.51 Å². The molecule has 0 bridgehead atoms. The summed E-state index contributed by atoms with van der Waals surface area (Å²) in [6.07, 6.45) is -1.27. The van der Waals surface area contributed by atoms with Gasteiger partial charge in [0.2, 0.25) is 0 Å². The lowest BCUT2D eigenvalue weighted by atomic mass is 10.0. The largest absolute Gasteiger partial charge is 0.470 e. The first-order chi connectivity index (χ1) is 8.92. The van der Waals surface area contributed by atoms with E-state index in [0.29, 0.717) is 10.9 Å². The van der Waals surface area contributed by atoms with Crippen LogP contribution in [0.5, 0.6) is 0 Å². The molecule has 0 radical (unpaired) electrons. The minimum Gasteiger partial charge on any atom is -0.394 e. The van der Waals surface area contributed by atoms with Crippen molar-refractivity contribution in [3.63, 3.8) is 0 Å². The van der Waals surface area contributed by atoms with Crippen molar-refractivity contribution in [3.05, 3.63) is 36.0 Å². The Balaban J connectivity index is 2.45. The van der Waals surface area contributed by atoms with Gasteiger partial charge in [0.05, 0.1) is 6.61 Å². The average Bonchev–Trinajstić information content (AvgIpc) is 2.77. The molecule has 0 saturated heterocycles. The molecule has 0 aliphatic carbocycles. The molecule has 2 unspecified atom stereocenters. The van der Waals surface area contributed by atoms with Gasteiger partial charge in [-0.25, -0.2) is 4.57 Å². The van der Waals surface area contributed by atoms with E-state index in [-0.39, 0.29) is 0 Å². The van der Waals surface area contributed by atoms with E-state index in [1.807, 2.05) is 0 Å². The van der Waals surface area contributed by atoms with E-state index in [4.69, 9.17) is 14.9 Å². The summed E-state index contributed by atoms with van der Waals surface area (Å²) in [5.74, 6) is 0. The predicted molar refractivity (Wildman–Crippen MR) is 67.3 cm³/mol. The molecule has 0 aliphatic heterocycles.